The van der Waals surface area contributed by atoms with Crippen LogP contribution in [-0.2, 0) is 11.2 Å². The van der Waals surface area contributed by atoms with Gasteiger partial charge < -0.3 is 5.32 Å². The average Bonchev–Trinajstić information content (AvgIpc) is 3.13. The van der Waals surface area contributed by atoms with Gasteiger partial charge in [-0.2, -0.15) is 0 Å². The van der Waals surface area contributed by atoms with Gasteiger partial charge in [-0.3, -0.25) is 4.79 Å². The van der Waals surface area contributed by atoms with Crippen LogP contribution < -0.4 is 5.32 Å². The lowest BCUT2D eigenvalue weighted by atomic mass is 9.89. The molecule has 2 nitrogen and oxygen atoms in total. The first-order chi connectivity index (χ1) is 9.53. The van der Waals surface area contributed by atoms with Gasteiger partial charge in [0.25, 0.3) is 0 Å². The summed E-state index contributed by atoms with van der Waals surface area (Å²) in [6.45, 7) is 1.87. The summed E-state index contributed by atoms with van der Waals surface area (Å²) in [4.78, 5) is 12.3. The molecule has 1 atom stereocenters. The summed E-state index contributed by atoms with van der Waals surface area (Å²) in [7, 11) is 0. The minimum absolute atomic E-state index is 0.0117. The third-order valence-corrected chi connectivity index (χ3v) is 5.28. The summed E-state index contributed by atoms with van der Waals surface area (Å²) in [5, 5.41) is 3.28. The van der Waals surface area contributed by atoms with Gasteiger partial charge in [0.15, 0.2) is 0 Å². The molecule has 0 bridgehead atoms. The molecule has 1 saturated heterocycles. The Kier molecular flexibility index (Phi) is 3.67. The second-order valence-electron chi connectivity index (χ2n) is 5.83. The molecule has 1 N–H and O–H groups in total. The lowest BCUT2D eigenvalue weighted by Gasteiger charge is -2.23. The van der Waals surface area contributed by atoms with Crippen molar-refractivity contribution in [2.75, 3.05) is 13.1 Å². The van der Waals surface area contributed by atoms with Crippen molar-refractivity contribution >= 4 is 21.7 Å². The van der Waals surface area contributed by atoms with Gasteiger partial charge in [0.2, 0.25) is 0 Å². The normalized spacial score (nSPS) is 23.9. The average molecular weight is 344 g/mol. The van der Waals surface area contributed by atoms with E-state index in [2.05, 4.69) is 21.2 Å². The summed E-state index contributed by atoms with van der Waals surface area (Å²) >= 11 is 3.03. The monoisotopic (exact) mass is 343 g/mol. The molecule has 1 aromatic rings. The topological polar surface area (TPSA) is 29.1 Å². The Bertz CT molecular complexity index is 555. The Labute approximate surface area is 125 Å². The first-order valence-electron chi connectivity index (χ1n) is 6.89. The zero-order valence-corrected chi connectivity index (χ0v) is 12.6. The van der Waals surface area contributed by atoms with Gasteiger partial charge in [-0.05, 0) is 65.8 Å². The highest BCUT2D eigenvalue weighted by Crippen LogP contribution is 2.59. The summed E-state index contributed by atoms with van der Waals surface area (Å²) in [6, 6.07) is 2.52. The summed E-state index contributed by atoms with van der Waals surface area (Å²) in [5.74, 6) is -1.33. The minimum atomic E-state index is -0.654. The summed E-state index contributed by atoms with van der Waals surface area (Å²) < 4.78 is 27.8. The van der Waals surface area contributed by atoms with E-state index in [1.165, 1.54) is 12.1 Å². The summed E-state index contributed by atoms with van der Waals surface area (Å²) in [5.41, 5.74) is 0.00162. The number of carbonyl (C=O) groups is 1. The number of hydrogen-bond donors (Lipinski definition) is 1. The molecule has 2 aliphatic rings. The number of piperidine rings is 1. The molecule has 3 rings (SSSR count). The predicted octanol–water partition coefficient (Wildman–Crippen LogP) is 3.23. The maximum Gasteiger partial charge on any atom is 0.143 e. The smallest absolute Gasteiger partial charge is 0.143 e. The van der Waals surface area contributed by atoms with E-state index in [4.69, 9.17) is 0 Å². The molecule has 1 unspecified atom stereocenters. The molecule has 0 aromatic heterocycles. The zero-order valence-electron chi connectivity index (χ0n) is 11.0. The number of Topliss-reactive ketones (excluding diaryl/α,β-unsaturated/α-hetero) is 1. The highest BCUT2D eigenvalue weighted by Gasteiger charge is 2.57. The lowest BCUT2D eigenvalue weighted by molar-refractivity contribution is -0.120. The number of carbonyl (C=O) groups excluding carboxylic acids is 1. The molecule has 20 heavy (non-hydrogen) atoms. The molecule has 1 heterocycles. The first-order valence-corrected chi connectivity index (χ1v) is 7.69. The SMILES string of the molecule is O=C(Cc1c(F)ccc(Br)c1F)C1CC12CCNCC2. The Morgan fingerprint density at radius 1 is 1.35 bits per heavy atom. The Morgan fingerprint density at radius 2 is 2.05 bits per heavy atom. The van der Waals surface area contributed by atoms with Crippen LogP contribution in [0.2, 0.25) is 0 Å². The lowest BCUT2D eigenvalue weighted by Crippen LogP contribution is -2.31. The second-order valence-corrected chi connectivity index (χ2v) is 6.69. The van der Waals surface area contributed by atoms with Gasteiger partial charge in [0.05, 0.1) is 4.47 Å². The van der Waals surface area contributed by atoms with Crippen LogP contribution in [0.4, 0.5) is 8.78 Å². The maximum absolute atomic E-state index is 13.9. The van der Waals surface area contributed by atoms with Gasteiger partial charge in [-0.25, -0.2) is 8.78 Å². The van der Waals surface area contributed by atoms with Crippen LogP contribution in [0.25, 0.3) is 0 Å². The van der Waals surface area contributed by atoms with Gasteiger partial charge in [0.1, 0.15) is 17.4 Å². The molecule has 108 valence electrons. The highest BCUT2D eigenvalue weighted by molar-refractivity contribution is 9.10. The van der Waals surface area contributed by atoms with Crippen molar-refractivity contribution in [1.29, 1.82) is 0 Å². The zero-order chi connectivity index (χ0) is 14.3. The van der Waals surface area contributed by atoms with Crippen molar-refractivity contribution in [3.63, 3.8) is 0 Å². The van der Waals surface area contributed by atoms with Crippen LogP contribution in [0.1, 0.15) is 24.8 Å². The molecule has 1 aliphatic carbocycles. The number of ketones is 1. The van der Waals surface area contributed by atoms with Crippen LogP contribution in [0.15, 0.2) is 16.6 Å². The maximum atomic E-state index is 13.9. The van der Waals surface area contributed by atoms with Crippen LogP contribution in [0.5, 0.6) is 0 Å². The second kappa shape index (κ2) is 5.19. The van der Waals surface area contributed by atoms with E-state index in [0.29, 0.717) is 0 Å². The first kappa shape index (κ1) is 14.1. The van der Waals surface area contributed by atoms with Crippen molar-refractivity contribution < 1.29 is 13.6 Å². The molecule has 1 spiro atoms. The molecule has 1 aliphatic heterocycles. The van der Waals surface area contributed by atoms with E-state index in [9.17, 15) is 13.6 Å². The Hall–Kier alpha value is -0.810. The predicted molar refractivity (Wildman–Crippen MR) is 75.4 cm³/mol. The third-order valence-electron chi connectivity index (χ3n) is 4.67. The number of nitrogens with one attached hydrogen (secondary N) is 1. The van der Waals surface area contributed by atoms with E-state index in [1.54, 1.807) is 0 Å². The molecule has 1 saturated carbocycles. The minimum Gasteiger partial charge on any atom is -0.317 e. The number of rotatable bonds is 3. The van der Waals surface area contributed by atoms with E-state index < -0.39 is 11.6 Å². The van der Waals surface area contributed by atoms with E-state index in [-0.39, 0.29) is 33.6 Å². The Balaban J connectivity index is 1.73. The molecular formula is C15H16BrF2NO. The van der Waals surface area contributed by atoms with Crippen molar-refractivity contribution in [3.8, 4) is 0 Å². The number of hydrogen-bond acceptors (Lipinski definition) is 2. The third kappa shape index (κ3) is 2.42. The van der Waals surface area contributed by atoms with Crippen molar-refractivity contribution in [3.05, 3.63) is 33.8 Å². The summed E-state index contributed by atoms with van der Waals surface area (Å²) in [6.07, 6.45) is 2.72. The quantitative estimate of drug-likeness (QED) is 0.853. The fourth-order valence-corrected chi connectivity index (χ4v) is 3.68. The molecule has 0 radical (unpaired) electrons. The van der Waals surface area contributed by atoms with Gasteiger partial charge in [0, 0.05) is 17.9 Å². The molecular weight excluding hydrogens is 328 g/mol. The van der Waals surface area contributed by atoms with Gasteiger partial charge in [-0.1, -0.05) is 0 Å². The number of benzene rings is 1. The number of halogens is 3. The van der Waals surface area contributed by atoms with Crippen LogP contribution >= 0.6 is 15.9 Å². The van der Waals surface area contributed by atoms with E-state index in [1.807, 2.05) is 0 Å². The fourth-order valence-electron chi connectivity index (χ4n) is 3.31. The van der Waals surface area contributed by atoms with Crippen LogP contribution in [0, 0.1) is 23.0 Å². The van der Waals surface area contributed by atoms with Crippen molar-refractivity contribution in [2.45, 2.75) is 25.7 Å². The standard InChI is InChI=1S/C15H16BrF2NO/c16-11-1-2-12(17)9(14(11)18)7-13(20)10-8-15(10)3-5-19-6-4-15/h1-2,10,19H,3-8H2. The molecule has 1 aromatic carbocycles. The fraction of sp³-hybridized carbons (Fsp3) is 0.533. The molecule has 2 fully saturated rings. The van der Waals surface area contributed by atoms with E-state index >= 15 is 0 Å². The highest BCUT2D eigenvalue weighted by atomic mass is 79.9. The Morgan fingerprint density at radius 3 is 2.75 bits per heavy atom. The van der Waals surface area contributed by atoms with Gasteiger partial charge >= 0.3 is 0 Å². The van der Waals surface area contributed by atoms with Crippen LogP contribution in [-0.4, -0.2) is 18.9 Å². The van der Waals surface area contributed by atoms with Gasteiger partial charge in [-0.15, -0.1) is 0 Å². The van der Waals surface area contributed by atoms with Crippen molar-refractivity contribution in [1.82, 2.24) is 5.32 Å². The molecule has 5 heteroatoms. The van der Waals surface area contributed by atoms with Crippen LogP contribution in [0.3, 0.4) is 0 Å². The van der Waals surface area contributed by atoms with E-state index in [0.717, 1.165) is 32.4 Å². The largest absolute Gasteiger partial charge is 0.317 e. The van der Waals surface area contributed by atoms with Crippen molar-refractivity contribution in [2.24, 2.45) is 11.3 Å². The molecule has 0 amide bonds.